The van der Waals surface area contributed by atoms with Gasteiger partial charge in [-0.3, -0.25) is 4.79 Å². The van der Waals surface area contributed by atoms with E-state index in [1.54, 1.807) is 0 Å². The predicted octanol–water partition coefficient (Wildman–Crippen LogP) is 1.03. The Hall–Kier alpha value is -1.88. The molecule has 2 rings (SSSR count). The molecule has 1 amide bonds. The fourth-order valence-corrected chi connectivity index (χ4v) is 2.13. The van der Waals surface area contributed by atoms with Crippen molar-refractivity contribution in [1.29, 1.82) is 0 Å². The van der Waals surface area contributed by atoms with E-state index in [0.717, 1.165) is 5.56 Å². The third-order valence-corrected chi connectivity index (χ3v) is 3.47. The van der Waals surface area contributed by atoms with Gasteiger partial charge in [-0.15, -0.1) is 0 Å². The van der Waals surface area contributed by atoms with Crippen LogP contribution in [0.15, 0.2) is 30.3 Å². The van der Waals surface area contributed by atoms with Gasteiger partial charge in [0.05, 0.1) is 7.11 Å². The van der Waals surface area contributed by atoms with Crippen LogP contribution in [0.3, 0.4) is 0 Å². The van der Waals surface area contributed by atoms with Gasteiger partial charge in [-0.2, -0.15) is 0 Å². The zero-order chi connectivity index (χ0) is 15.1. The Morgan fingerprint density at radius 2 is 2.00 bits per heavy atom. The van der Waals surface area contributed by atoms with Crippen LogP contribution < -0.4 is 10.6 Å². The highest BCUT2D eigenvalue weighted by atomic mass is 16.5. The first-order chi connectivity index (χ1) is 10.2. The van der Waals surface area contributed by atoms with E-state index in [4.69, 9.17) is 4.74 Å². The number of rotatable bonds is 8. The first-order valence-electron chi connectivity index (χ1n) is 7.33. The van der Waals surface area contributed by atoms with Crippen molar-refractivity contribution in [3.63, 3.8) is 0 Å². The Bertz CT molecular complexity index is 472. The van der Waals surface area contributed by atoms with Gasteiger partial charge in [0, 0.05) is 25.4 Å². The summed E-state index contributed by atoms with van der Waals surface area (Å²) in [5.74, 6) is -0.545. The van der Waals surface area contributed by atoms with Crippen LogP contribution in [0.25, 0.3) is 0 Å². The van der Waals surface area contributed by atoms with Crippen molar-refractivity contribution < 1.29 is 14.3 Å². The second-order valence-electron chi connectivity index (χ2n) is 5.31. The van der Waals surface area contributed by atoms with E-state index in [-0.39, 0.29) is 5.91 Å². The molecule has 5 heteroatoms. The average Bonchev–Trinajstić information content (AvgIpc) is 3.31. The number of hydrogen-bond donors (Lipinski definition) is 2. The van der Waals surface area contributed by atoms with Crippen LogP contribution in [0.5, 0.6) is 0 Å². The number of ether oxygens (including phenoxy) is 1. The van der Waals surface area contributed by atoms with Crippen molar-refractivity contribution in [2.75, 3.05) is 13.7 Å². The van der Waals surface area contributed by atoms with Crippen molar-refractivity contribution >= 4 is 11.9 Å². The average molecular weight is 290 g/mol. The van der Waals surface area contributed by atoms with Crippen LogP contribution >= 0.6 is 0 Å². The predicted molar refractivity (Wildman–Crippen MR) is 79.7 cm³/mol. The highest BCUT2D eigenvalue weighted by Gasteiger charge is 2.23. The molecule has 0 spiro atoms. The highest BCUT2D eigenvalue weighted by molar-refractivity contribution is 5.84. The molecule has 1 saturated carbocycles. The molecule has 21 heavy (non-hydrogen) atoms. The molecule has 0 aliphatic heterocycles. The standard InChI is InChI=1S/C16H22N2O3/c1-21-16(20)14(11-12-5-3-2-4-6-12)18-15(19)9-10-17-13-7-8-13/h2-6,13-14,17H,7-11H2,1H3,(H,18,19). The summed E-state index contributed by atoms with van der Waals surface area (Å²) >= 11 is 0. The molecule has 1 atom stereocenters. The molecule has 0 bridgehead atoms. The number of carbonyl (C=O) groups is 2. The number of hydrogen-bond acceptors (Lipinski definition) is 4. The molecule has 0 radical (unpaired) electrons. The van der Waals surface area contributed by atoms with Crippen molar-refractivity contribution in [1.82, 2.24) is 10.6 Å². The minimum Gasteiger partial charge on any atom is -0.467 e. The van der Waals surface area contributed by atoms with E-state index in [1.165, 1.54) is 20.0 Å². The Morgan fingerprint density at radius 3 is 2.62 bits per heavy atom. The van der Waals surface area contributed by atoms with Gasteiger partial charge >= 0.3 is 5.97 Å². The van der Waals surface area contributed by atoms with Gasteiger partial charge in [0.2, 0.25) is 5.91 Å². The molecule has 1 aromatic carbocycles. The fourth-order valence-electron chi connectivity index (χ4n) is 2.13. The first-order valence-corrected chi connectivity index (χ1v) is 7.33. The molecule has 1 unspecified atom stereocenters. The summed E-state index contributed by atoms with van der Waals surface area (Å²) in [6.07, 6.45) is 3.20. The van der Waals surface area contributed by atoms with Crippen LogP contribution in [0.2, 0.25) is 0 Å². The van der Waals surface area contributed by atoms with Crippen molar-refractivity contribution in [2.45, 2.75) is 37.8 Å². The first kappa shape index (κ1) is 15.5. The minimum atomic E-state index is -0.633. The van der Waals surface area contributed by atoms with Gasteiger partial charge in [0.15, 0.2) is 0 Å². The zero-order valence-electron chi connectivity index (χ0n) is 12.3. The maximum Gasteiger partial charge on any atom is 0.328 e. The van der Waals surface area contributed by atoms with Crippen LogP contribution in [-0.4, -0.2) is 37.6 Å². The molecule has 0 heterocycles. The maximum absolute atomic E-state index is 11.9. The Balaban J connectivity index is 1.83. The lowest BCUT2D eigenvalue weighted by molar-refractivity contribution is -0.145. The molecular weight excluding hydrogens is 268 g/mol. The minimum absolute atomic E-state index is 0.130. The van der Waals surface area contributed by atoms with Crippen LogP contribution in [0.4, 0.5) is 0 Å². The number of amides is 1. The summed E-state index contributed by atoms with van der Waals surface area (Å²) in [7, 11) is 1.33. The van der Waals surface area contributed by atoms with Gasteiger partial charge in [0.1, 0.15) is 6.04 Å². The number of methoxy groups -OCH3 is 1. The fraction of sp³-hybridized carbons (Fsp3) is 0.500. The molecule has 1 aliphatic carbocycles. The summed E-state index contributed by atoms with van der Waals surface area (Å²) in [6.45, 7) is 0.649. The molecule has 114 valence electrons. The smallest absolute Gasteiger partial charge is 0.328 e. The number of benzene rings is 1. The van der Waals surface area contributed by atoms with E-state index in [9.17, 15) is 9.59 Å². The van der Waals surface area contributed by atoms with Crippen molar-refractivity contribution in [3.8, 4) is 0 Å². The third-order valence-electron chi connectivity index (χ3n) is 3.47. The molecule has 1 fully saturated rings. The molecule has 0 aromatic heterocycles. The number of esters is 1. The van der Waals surface area contributed by atoms with Crippen LogP contribution in [-0.2, 0) is 20.7 Å². The van der Waals surface area contributed by atoms with E-state index >= 15 is 0 Å². The Morgan fingerprint density at radius 1 is 1.29 bits per heavy atom. The lowest BCUT2D eigenvalue weighted by Gasteiger charge is -2.16. The normalized spacial score (nSPS) is 15.3. The molecule has 1 aliphatic rings. The summed E-state index contributed by atoms with van der Waals surface area (Å²) in [4.78, 5) is 23.7. The maximum atomic E-state index is 11.9. The molecule has 0 saturated heterocycles. The largest absolute Gasteiger partial charge is 0.467 e. The Kier molecular flexibility index (Phi) is 5.75. The van der Waals surface area contributed by atoms with Gasteiger partial charge in [-0.1, -0.05) is 30.3 Å². The molecule has 2 N–H and O–H groups in total. The lowest BCUT2D eigenvalue weighted by Crippen LogP contribution is -2.43. The number of carbonyl (C=O) groups excluding carboxylic acids is 2. The second kappa shape index (κ2) is 7.78. The monoisotopic (exact) mass is 290 g/mol. The summed E-state index contributed by atoms with van der Waals surface area (Å²) in [6, 6.07) is 9.53. The van der Waals surface area contributed by atoms with E-state index in [1.807, 2.05) is 30.3 Å². The zero-order valence-corrected chi connectivity index (χ0v) is 12.3. The topological polar surface area (TPSA) is 67.4 Å². The van der Waals surface area contributed by atoms with Crippen molar-refractivity contribution in [2.24, 2.45) is 0 Å². The van der Waals surface area contributed by atoms with Crippen LogP contribution in [0.1, 0.15) is 24.8 Å². The van der Waals surface area contributed by atoms with Crippen molar-refractivity contribution in [3.05, 3.63) is 35.9 Å². The molecule has 5 nitrogen and oxygen atoms in total. The van der Waals surface area contributed by atoms with E-state index < -0.39 is 12.0 Å². The van der Waals surface area contributed by atoms with Crippen LogP contribution in [0, 0.1) is 0 Å². The van der Waals surface area contributed by atoms with Gasteiger partial charge in [-0.25, -0.2) is 4.79 Å². The lowest BCUT2D eigenvalue weighted by atomic mass is 10.1. The summed E-state index contributed by atoms with van der Waals surface area (Å²) in [5, 5.41) is 6.03. The SMILES string of the molecule is COC(=O)C(Cc1ccccc1)NC(=O)CCNC1CC1. The molecular formula is C16H22N2O3. The van der Waals surface area contributed by atoms with E-state index in [0.29, 0.717) is 25.4 Å². The van der Waals surface area contributed by atoms with E-state index in [2.05, 4.69) is 10.6 Å². The second-order valence-corrected chi connectivity index (χ2v) is 5.31. The quantitative estimate of drug-likeness (QED) is 0.702. The summed E-state index contributed by atoms with van der Waals surface area (Å²) < 4.78 is 4.77. The molecule has 1 aromatic rings. The van der Waals surface area contributed by atoms with Gasteiger partial charge in [0.25, 0.3) is 0 Å². The van der Waals surface area contributed by atoms with Gasteiger partial charge < -0.3 is 15.4 Å². The summed E-state index contributed by atoms with van der Waals surface area (Å²) in [5.41, 5.74) is 0.990. The number of nitrogens with one attached hydrogen (secondary N) is 2. The van der Waals surface area contributed by atoms with Gasteiger partial charge in [-0.05, 0) is 18.4 Å². The highest BCUT2D eigenvalue weighted by Crippen LogP contribution is 2.18. The Labute approximate surface area is 125 Å². The third kappa shape index (κ3) is 5.55.